The maximum absolute atomic E-state index is 10.6. The highest BCUT2D eigenvalue weighted by Gasteiger charge is 2.05. The Balaban J connectivity index is 1.97. The van der Waals surface area contributed by atoms with E-state index in [9.17, 15) is 10.1 Å². The maximum atomic E-state index is 10.6. The van der Waals surface area contributed by atoms with Crippen LogP contribution < -0.4 is 10.1 Å². The zero-order valence-electron chi connectivity index (χ0n) is 11.8. The molecule has 0 saturated heterocycles. The Morgan fingerprint density at radius 3 is 2.62 bits per heavy atom. The molecule has 0 amide bonds. The topological polar surface area (TPSA) is 90.2 Å². The first-order chi connectivity index (χ1) is 10.0. The lowest BCUT2D eigenvalue weighted by atomic mass is 10.2. The van der Waals surface area contributed by atoms with Crippen LogP contribution >= 0.6 is 0 Å². The van der Waals surface area contributed by atoms with E-state index in [4.69, 9.17) is 4.74 Å². The van der Waals surface area contributed by atoms with Gasteiger partial charge in [0.25, 0.3) is 5.69 Å². The van der Waals surface area contributed by atoms with E-state index in [0.29, 0.717) is 18.4 Å². The van der Waals surface area contributed by atoms with Gasteiger partial charge >= 0.3 is 0 Å². The highest BCUT2D eigenvalue weighted by atomic mass is 16.6. The monoisotopic (exact) mass is 288 g/mol. The lowest BCUT2D eigenvalue weighted by molar-refractivity contribution is -0.384. The number of ether oxygens (including phenoxy) is 1. The highest BCUT2D eigenvalue weighted by molar-refractivity contribution is 5.35. The second-order valence-corrected chi connectivity index (χ2v) is 4.66. The van der Waals surface area contributed by atoms with Gasteiger partial charge in [-0.1, -0.05) is 12.1 Å². The molecule has 7 heteroatoms. The maximum Gasteiger partial charge on any atom is 0.269 e. The van der Waals surface area contributed by atoms with Gasteiger partial charge in [0.15, 0.2) is 0 Å². The minimum absolute atomic E-state index is 0.0439. The first kappa shape index (κ1) is 14.7. The molecule has 2 rings (SSSR count). The molecule has 0 unspecified atom stereocenters. The van der Waals surface area contributed by atoms with Crippen molar-refractivity contribution in [2.45, 2.75) is 26.5 Å². The van der Waals surface area contributed by atoms with Gasteiger partial charge in [0.1, 0.15) is 0 Å². The standard InChI is InChI=1S/C14H16N4O3/c1-10(2)21-13-7-8-15-14(17-13)16-9-11-3-5-12(6-4-11)18(19)20/h3-8,10H,9H2,1-2H3,(H,15,16,17). The summed E-state index contributed by atoms with van der Waals surface area (Å²) in [5.74, 6) is 0.956. The molecule has 1 aromatic carbocycles. The predicted octanol–water partition coefficient (Wildman–Crippen LogP) is 2.78. The Bertz CT molecular complexity index is 614. The first-order valence-electron chi connectivity index (χ1n) is 6.51. The molecule has 110 valence electrons. The molecule has 7 nitrogen and oxygen atoms in total. The molecule has 0 saturated carbocycles. The van der Waals surface area contributed by atoms with Crippen molar-refractivity contribution >= 4 is 11.6 Å². The molecule has 1 aromatic heterocycles. The van der Waals surface area contributed by atoms with Crippen LogP contribution in [0.4, 0.5) is 11.6 Å². The van der Waals surface area contributed by atoms with Gasteiger partial charge in [0, 0.05) is 30.9 Å². The minimum Gasteiger partial charge on any atom is -0.475 e. The van der Waals surface area contributed by atoms with E-state index in [-0.39, 0.29) is 11.8 Å². The van der Waals surface area contributed by atoms with Crippen molar-refractivity contribution in [2.75, 3.05) is 5.32 Å². The van der Waals surface area contributed by atoms with Gasteiger partial charge in [0.2, 0.25) is 11.8 Å². The van der Waals surface area contributed by atoms with Crippen LogP contribution in [0.25, 0.3) is 0 Å². The fourth-order valence-corrected chi connectivity index (χ4v) is 1.65. The second kappa shape index (κ2) is 6.65. The number of hydrogen-bond acceptors (Lipinski definition) is 6. The molecule has 0 atom stereocenters. The molecule has 0 aliphatic carbocycles. The third-order valence-electron chi connectivity index (χ3n) is 2.58. The number of benzene rings is 1. The largest absolute Gasteiger partial charge is 0.475 e. The predicted molar refractivity (Wildman–Crippen MR) is 78.2 cm³/mol. The van der Waals surface area contributed by atoms with Crippen molar-refractivity contribution in [2.24, 2.45) is 0 Å². The highest BCUT2D eigenvalue weighted by Crippen LogP contribution is 2.14. The van der Waals surface area contributed by atoms with E-state index >= 15 is 0 Å². The summed E-state index contributed by atoms with van der Waals surface area (Å²) in [6.07, 6.45) is 1.66. The van der Waals surface area contributed by atoms with Crippen LogP contribution in [0.2, 0.25) is 0 Å². The normalized spacial score (nSPS) is 10.4. The Morgan fingerprint density at radius 2 is 2.00 bits per heavy atom. The van der Waals surface area contributed by atoms with E-state index in [2.05, 4.69) is 15.3 Å². The van der Waals surface area contributed by atoms with Crippen LogP contribution in [-0.2, 0) is 6.54 Å². The summed E-state index contributed by atoms with van der Waals surface area (Å²) in [6.45, 7) is 4.32. The van der Waals surface area contributed by atoms with Crippen LogP contribution in [0.1, 0.15) is 19.4 Å². The average Bonchev–Trinajstić information content (AvgIpc) is 2.45. The molecule has 1 heterocycles. The minimum atomic E-state index is -0.424. The lowest BCUT2D eigenvalue weighted by Crippen LogP contribution is -2.09. The van der Waals surface area contributed by atoms with Crippen LogP contribution in [0.3, 0.4) is 0 Å². The van der Waals surface area contributed by atoms with Gasteiger partial charge in [-0.25, -0.2) is 4.98 Å². The summed E-state index contributed by atoms with van der Waals surface area (Å²) in [7, 11) is 0. The van der Waals surface area contributed by atoms with E-state index in [1.54, 1.807) is 24.4 Å². The third-order valence-corrected chi connectivity index (χ3v) is 2.58. The van der Waals surface area contributed by atoms with E-state index in [1.807, 2.05) is 13.8 Å². The number of rotatable bonds is 6. The quantitative estimate of drug-likeness (QED) is 0.649. The van der Waals surface area contributed by atoms with Gasteiger partial charge in [-0.15, -0.1) is 0 Å². The molecular weight excluding hydrogens is 272 g/mol. The van der Waals surface area contributed by atoms with Crippen molar-refractivity contribution < 1.29 is 9.66 Å². The molecule has 0 spiro atoms. The Kier molecular flexibility index (Phi) is 4.65. The Hall–Kier alpha value is -2.70. The number of nitrogens with zero attached hydrogens (tertiary/aromatic N) is 3. The van der Waals surface area contributed by atoms with Gasteiger partial charge in [-0.3, -0.25) is 10.1 Å². The van der Waals surface area contributed by atoms with Crippen molar-refractivity contribution in [3.05, 3.63) is 52.2 Å². The van der Waals surface area contributed by atoms with E-state index in [1.165, 1.54) is 12.1 Å². The zero-order chi connectivity index (χ0) is 15.2. The molecule has 21 heavy (non-hydrogen) atoms. The molecule has 0 bridgehead atoms. The van der Waals surface area contributed by atoms with Crippen LogP contribution in [0.5, 0.6) is 5.88 Å². The molecule has 0 aliphatic heterocycles. The number of anilines is 1. The molecule has 0 fully saturated rings. The van der Waals surface area contributed by atoms with Gasteiger partial charge < -0.3 is 10.1 Å². The number of hydrogen-bond donors (Lipinski definition) is 1. The van der Waals surface area contributed by atoms with E-state index in [0.717, 1.165) is 5.56 Å². The van der Waals surface area contributed by atoms with Crippen molar-refractivity contribution in [3.8, 4) is 5.88 Å². The van der Waals surface area contributed by atoms with Gasteiger partial charge in [-0.2, -0.15) is 4.98 Å². The molecule has 0 radical (unpaired) electrons. The summed E-state index contributed by atoms with van der Waals surface area (Å²) in [6, 6.07) is 8.02. The van der Waals surface area contributed by atoms with Crippen molar-refractivity contribution in [3.63, 3.8) is 0 Å². The number of aromatic nitrogens is 2. The van der Waals surface area contributed by atoms with Gasteiger partial charge in [-0.05, 0) is 19.4 Å². The van der Waals surface area contributed by atoms with Crippen LogP contribution in [-0.4, -0.2) is 21.0 Å². The molecule has 2 aromatic rings. The third kappa shape index (κ3) is 4.41. The van der Waals surface area contributed by atoms with Crippen LogP contribution in [0.15, 0.2) is 36.5 Å². The van der Waals surface area contributed by atoms with Crippen molar-refractivity contribution in [1.82, 2.24) is 9.97 Å². The number of nitrogens with one attached hydrogen (secondary N) is 1. The average molecular weight is 288 g/mol. The van der Waals surface area contributed by atoms with E-state index < -0.39 is 4.92 Å². The summed E-state index contributed by atoms with van der Waals surface area (Å²) in [5.41, 5.74) is 0.974. The summed E-state index contributed by atoms with van der Waals surface area (Å²) < 4.78 is 5.48. The molecular formula is C14H16N4O3. The fourth-order valence-electron chi connectivity index (χ4n) is 1.65. The first-order valence-corrected chi connectivity index (χ1v) is 6.51. The Labute approximate surface area is 122 Å². The lowest BCUT2D eigenvalue weighted by Gasteiger charge is -2.10. The smallest absolute Gasteiger partial charge is 0.269 e. The number of nitro benzene ring substituents is 1. The summed E-state index contributed by atoms with van der Waals surface area (Å²) >= 11 is 0. The Morgan fingerprint density at radius 1 is 1.29 bits per heavy atom. The SMILES string of the molecule is CC(C)Oc1ccnc(NCc2ccc([N+](=O)[O-])cc2)n1. The summed E-state index contributed by atoms with van der Waals surface area (Å²) in [5, 5.41) is 13.6. The van der Waals surface area contributed by atoms with Crippen LogP contribution in [0, 0.1) is 10.1 Å². The number of nitro groups is 1. The zero-order valence-corrected chi connectivity index (χ0v) is 11.8. The number of non-ortho nitro benzene ring substituents is 1. The molecule has 1 N–H and O–H groups in total. The van der Waals surface area contributed by atoms with Gasteiger partial charge in [0.05, 0.1) is 11.0 Å². The van der Waals surface area contributed by atoms with Crippen molar-refractivity contribution in [1.29, 1.82) is 0 Å². The second-order valence-electron chi connectivity index (χ2n) is 4.66. The fraction of sp³-hybridized carbons (Fsp3) is 0.286. The summed E-state index contributed by atoms with van der Waals surface area (Å²) in [4.78, 5) is 18.5. The molecule has 0 aliphatic rings.